The summed E-state index contributed by atoms with van der Waals surface area (Å²) in [4.78, 5) is 26.7. The highest BCUT2D eigenvalue weighted by molar-refractivity contribution is 5.95. The number of likely N-dealkylation sites (tertiary alicyclic amines) is 1. The van der Waals surface area contributed by atoms with Crippen molar-refractivity contribution < 1.29 is 23.5 Å². The molecule has 2 aromatic carbocycles. The lowest BCUT2D eigenvalue weighted by Crippen LogP contribution is -2.46. The van der Waals surface area contributed by atoms with Crippen molar-refractivity contribution in [1.29, 1.82) is 0 Å². The van der Waals surface area contributed by atoms with Crippen molar-refractivity contribution in [3.8, 4) is 11.5 Å². The number of fused-ring (bicyclic) bond motifs is 1. The highest BCUT2D eigenvalue weighted by Crippen LogP contribution is 2.33. The van der Waals surface area contributed by atoms with E-state index in [1.54, 1.807) is 23.1 Å². The number of amides is 2. The molecule has 0 atom stereocenters. The molecule has 0 bridgehead atoms. The van der Waals surface area contributed by atoms with Crippen LogP contribution in [0.2, 0.25) is 0 Å². The molecule has 2 aliphatic heterocycles. The van der Waals surface area contributed by atoms with Gasteiger partial charge in [0.2, 0.25) is 6.79 Å². The lowest BCUT2D eigenvalue weighted by molar-refractivity contribution is 0.0697. The van der Waals surface area contributed by atoms with Crippen LogP contribution in [0.15, 0.2) is 42.5 Å². The van der Waals surface area contributed by atoms with E-state index < -0.39 is 0 Å². The predicted molar refractivity (Wildman–Crippen MR) is 95.4 cm³/mol. The van der Waals surface area contributed by atoms with Gasteiger partial charge in [-0.2, -0.15) is 0 Å². The molecular weight excluding hydrogens is 351 g/mol. The van der Waals surface area contributed by atoms with Gasteiger partial charge in [-0.15, -0.1) is 0 Å². The van der Waals surface area contributed by atoms with Gasteiger partial charge in [0.25, 0.3) is 11.8 Å². The van der Waals surface area contributed by atoms with E-state index in [9.17, 15) is 14.0 Å². The smallest absolute Gasteiger partial charge is 0.253 e. The molecule has 0 radical (unpaired) electrons. The molecule has 1 fully saturated rings. The van der Waals surface area contributed by atoms with E-state index in [2.05, 4.69) is 5.32 Å². The Balaban J connectivity index is 1.32. The number of benzene rings is 2. The molecule has 7 heteroatoms. The molecule has 1 saturated heterocycles. The van der Waals surface area contributed by atoms with E-state index in [4.69, 9.17) is 9.47 Å². The number of hydrogen-bond donors (Lipinski definition) is 1. The van der Waals surface area contributed by atoms with Gasteiger partial charge in [-0.3, -0.25) is 9.59 Å². The Labute approximate surface area is 155 Å². The second-order valence-corrected chi connectivity index (χ2v) is 6.61. The van der Waals surface area contributed by atoms with E-state index in [-0.39, 0.29) is 30.5 Å². The van der Waals surface area contributed by atoms with Gasteiger partial charge < -0.3 is 19.7 Å². The molecule has 0 spiro atoms. The molecule has 4 rings (SSSR count). The van der Waals surface area contributed by atoms with Crippen molar-refractivity contribution in [3.63, 3.8) is 0 Å². The van der Waals surface area contributed by atoms with Crippen LogP contribution in [0, 0.1) is 5.82 Å². The minimum absolute atomic E-state index is 0.0108. The standard InChI is InChI=1S/C20H19FN2O4/c21-15-4-1-13(2-5-15)19(24)22-16-7-9-23(10-8-16)20(25)14-3-6-17-18(11-14)27-12-26-17/h1-6,11,16H,7-10,12H2,(H,22,24). The Morgan fingerprint density at radius 2 is 1.63 bits per heavy atom. The maximum Gasteiger partial charge on any atom is 0.253 e. The van der Waals surface area contributed by atoms with Crippen LogP contribution in [0.3, 0.4) is 0 Å². The van der Waals surface area contributed by atoms with Gasteiger partial charge in [0, 0.05) is 30.3 Å². The molecule has 140 valence electrons. The quantitative estimate of drug-likeness (QED) is 0.902. The molecule has 1 N–H and O–H groups in total. The van der Waals surface area contributed by atoms with Crippen LogP contribution in [-0.4, -0.2) is 42.6 Å². The molecule has 2 amide bonds. The molecule has 2 aliphatic rings. The number of piperidine rings is 1. The van der Waals surface area contributed by atoms with Crippen molar-refractivity contribution in [2.75, 3.05) is 19.9 Å². The minimum atomic E-state index is -0.373. The molecule has 0 aromatic heterocycles. The molecule has 27 heavy (non-hydrogen) atoms. The summed E-state index contributed by atoms with van der Waals surface area (Å²) >= 11 is 0. The Kier molecular flexibility index (Phi) is 4.66. The van der Waals surface area contributed by atoms with Gasteiger partial charge in [-0.25, -0.2) is 4.39 Å². The van der Waals surface area contributed by atoms with Crippen LogP contribution in [0.5, 0.6) is 11.5 Å². The molecule has 0 aliphatic carbocycles. The van der Waals surface area contributed by atoms with Crippen LogP contribution in [0.4, 0.5) is 4.39 Å². The van der Waals surface area contributed by atoms with E-state index in [1.165, 1.54) is 24.3 Å². The van der Waals surface area contributed by atoms with Crippen LogP contribution < -0.4 is 14.8 Å². The van der Waals surface area contributed by atoms with Gasteiger partial charge in [0.1, 0.15) is 5.82 Å². The maximum atomic E-state index is 13.0. The van der Waals surface area contributed by atoms with Crippen molar-refractivity contribution in [2.24, 2.45) is 0 Å². The van der Waals surface area contributed by atoms with E-state index in [1.807, 2.05) is 0 Å². The van der Waals surface area contributed by atoms with Gasteiger partial charge in [-0.05, 0) is 55.3 Å². The van der Waals surface area contributed by atoms with Gasteiger partial charge in [-0.1, -0.05) is 0 Å². The summed E-state index contributed by atoms with van der Waals surface area (Å²) in [5.74, 6) is 0.574. The fraction of sp³-hybridized carbons (Fsp3) is 0.300. The van der Waals surface area contributed by atoms with Crippen LogP contribution in [0.25, 0.3) is 0 Å². The lowest BCUT2D eigenvalue weighted by atomic mass is 10.0. The second kappa shape index (κ2) is 7.26. The third-order valence-corrected chi connectivity index (χ3v) is 4.84. The number of halogens is 1. The number of ether oxygens (including phenoxy) is 2. The summed E-state index contributed by atoms with van der Waals surface area (Å²) in [6.45, 7) is 1.29. The fourth-order valence-electron chi connectivity index (χ4n) is 3.31. The van der Waals surface area contributed by atoms with Crippen LogP contribution >= 0.6 is 0 Å². The van der Waals surface area contributed by atoms with Crippen molar-refractivity contribution in [1.82, 2.24) is 10.2 Å². The summed E-state index contributed by atoms with van der Waals surface area (Å²) in [5.41, 5.74) is 0.989. The van der Waals surface area contributed by atoms with Crippen molar-refractivity contribution >= 4 is 11.8 Å². The number of rotatable bonds is 3. The van der Waals surface area contributed by atoms with E-state index >= 15 is 0 Å². The molecule has 0 unspecified atom stereocenters. The molecule has 2 heterocycles. The summed E-state index contributed by atoms with van der Waals surface area (Å²) < 4.78 is 23.5. The van der Waals surface area contributed by atoms with Crippen molar-refractivity contribution in [2.45, 2.75) is 18.9 Å². The first kappa shape index (κ1) is 17.3. The van der Waals surface area contributed by atoms with Crippen molar-refractivity contribution in [3.05, 3.63) is 59.4 Å². The highest BCUT2D eigenvalue weighted by atomic mass is 19.1. The average molecular weight is 370 g/mol. The third-order valence-electron chi connectivity index (χ3n) is 4.84. The van der Waals surface area contributed by atoms with E-state index in [0.717, 1.165) is 0 Å². The Morgan fingerprint density at radius 3 is 2.37 bits per heavy atom. The Bertz CT molecular complexity index is 861. The SMILES string of the molecule is O=C(NC1CCN(C(=O)c2ccc3c(c2)OCO3)CC1)c1ccc(F)cc1. The Hall–Kier alpha value is -3.09. The zero-order chi connectivity index (χ0) is 18.8. The number of carbonyl (C=O) groups is 2. The summed E-state index contributed by atoms with van der Waals surface area (Å²) in [7, 11) is 0. The van der Waals surface area contributed by atoms with Crippen LogP contribution in [0.1, 0.15) is 33.6 Å². The zero-order valence-corrected chi connectivity index (χ0v) is 14.6. The largest absolute Gasteiger partial charge is 0.454 e. The molecule has 2 aromatic rings. The summed E-state index contributed by atoms with van der Waals surface area (Å²) in [5, 5.41) is 2.95. The average Bonchev–Trinajstić information content (AvgIpc) is 3.16. The minimum Gasteiger partial charge on any atom is -0.454 e. The third kappa shape index (κ3) is 3.72. The summed E-state index contributed by atoms with van der Waals surface area (Å²) in [6.07, 6.45) is 1.34. The first-order valence-corrected chi connectivity index (χ1v) is 8.85. The van der Waals surface area contributed by atoms with Crippen LogP contribution in [-0.2, 0) is 0 Å². The van der Waals surface area contributed by atoms with Gasteiger partial charge in [0.05, 0.1) is 0 Å². The lowest BCUT2D eigenvalue weighted by Gasteiger charge is -2.32. The number of nitrogens with zero attached hydrogens (tertiary/aromatic N) is 1. The molecule has 0 saturated carbocycles. The number of nitrogens with one attached hydrogen (secondary N) is 1. The van der Waals surface area contributed by atoms with E-state index in [0.29, 0.717) is 48.6 Å². The topological polar surface area (TPSA) is 67.9 Å². The van der Waals surface area contributed by atoms with Gasteiger partial charge >= 0.3 is 0 Å². The maximum absolute atomic E-state index is 13.0. The molecule has 6 nitrogen and oxygen atoms in total. The number of carbonyl (C=O) groups excluding carboxylic acids is 2. The normalized spacial score (nSPS) is 16.3. The molecular formula is C20H19FN2O4. The van der Waals surface area contributed by atoms with Gasteiger partial charge in [0.15, 0.2) is 11.5 Å². The number of hydrogen-bond acceptors (Lipinski definition) is 4. The zero-order valence-electron chi connectivity index (χ0n) is 14.6. The fourth-order valence-corrected chi connectivity index (χ4v) is 3.31. The monoisotopic (exact) mass is 370 g/mol. The highest BCUT2D eigenvalue weighted by Gasteiger charge is 2.26. The summed E-state index contributed by atoms with van der Waals surface area (Å²) in [6, 6.07) is 10.6. The first-order chi connectivity index (χ1) is 13.1. The second-order valence-electron chi connectivity index (χ2n) is 6.61. The first-order valence-electron chi connectivity index (χ1n) is 8.85. The predicted octanol–water partition coefficient (Wildman–Crippen LogP) is 2.59. The Morgan fingerprint density at radius 1 is 0.963 bits per heavy atom.